The SMILES string of the molecule is C=CCC1=NC(S)=NC(S)N1N. The molecule has 0 aromatic carbocycles. The predicted molar refractivity (Wildman–Crippen MR) is 57.5 cm³/mol. The fourth-order valence-corrected chi connectivity index (χ4v) is 1.34. The largest absolute Gasteiger partial charge is 0.264 e. The molecule has 1 rings (SSSR count). The molecule has 1 atom stereocenters. The van der Waals surface area contributed by atoms with Gasteiger partial charge in [-0.25, -0.2) is 15.8 Å². The van der Waals surface area contributed by atoms with Crippen LogP contribution in [-0.4, -0.2) is 21.5 Å². The number of aliphatic imine (C=N–C) groups is 2. The van der Waals surface area contributed by atoms with Crippen molar-refractivity contribution in [3.05, 3.63) is 12.7 Å². The van der Waals surface area contributed by atoms with Crippen LogP contribution in [0.3, 0.4) is 0 Å². The maximum atomic E-state index is 5.61. The molecule has 0 amide bonds. The fourth-order valence-electron chi connectivity index (χ4n) is 0.781. The lowest BCUT2D eigenvalue weighted by atomic mass is 10.4. The van der Waals surface area contributed by atoms with E-state index in [4.69, 9.17) is 5.84 Å². The Morgan fingerprint density at radius 3 is 3.00 bits per heavy atom. The van der Waals surface area contributed by atoms with E-state index in [0.717, 1.165) is 0 Å². The predicted octanol–water partition coefficient (Wildman–Crippen LogP) is 0.649. The number of thiol groups is 2. The molecule has 0 bridgehead atoms. The Kier molecular flexibility index (Phi) is 3.19. The number of hydrazine groups is 1. The van der Waals surface area contributed by atoms with Crippen LogP contribution in [-0.2, 0) is 0 Å². The molecule has 2 N–H and O–H groups in total. The second-order valence-corrected chi connectivity index (χ2v) is 3.07. The van der Waals surface area contributed by atoms with Gasteiger partial charge >= 0.3 is 0 Å². The molecule has 12 heavy (non-hydrogen) atoms. The fraction of sp³-hybridized carbons (Fsp3) is 0.333. The van der Waals surface area contributed by atoms with Gasteiger partial charge in [-0.3, -0.25) is 5.01 Å². The summed E-state index contributed by atoms with van der Waals surface area (Å²) in [6.07, 6.45) is 2.30. The molecule has 0 aromatic heterocycles. The zero-order valence-corrected chi connectivity index (χ0v) is 8.17. The molecule has 0 saturated carbocycles. The molecular weight excluding hydrogens is 192 g/mol. The van der Waals surface area contributed by atoms with Gasteiger partial charge in [-0.2, -0.15) is 0 Å². The number of nitrogens with zero attached hydrogens (tertiary/aromatic N) is 3. The van der Waals surface area contributed by atoms with Crippen LogP contribution in [0.5, 0.6) is 0 Å². The molecule has 1 heterocycles. The normalized spacial score (nSPS) is 23.2. The van der Waals surface area contributed by atoms with Crippen molar-refractivity contribution >= 4 is 36.3 Å². The highest BCUT2D eigenvalue weighted by molar-refractivity contribution is 7.97. The maximum Gasteiger partial charge on any atom is 0.184 e. The summed E-state index contributed by atoms with van der Waals surface area (Å²) in [5.74, 6) is 6.28. The molecule has 4 nitrogen and oxygen atoms in total. The third-order valence-electron chi connectivity index (χ3n) is 1.33. The quantitative estimate of drug-likeness (QED) is 0.350. The lowest BCUT2D eigenvalue weighted by molar-refractivity contribution is 0.414. The first-order valence-electron chi connectivity index (χ1n) is 3.32. The Morgan fingerprint density at radius 1 is 1.75 bits per heavy atom. The van der Waals surface area contributed by atoms with E-state index >= 15 is 0 Å². The summed E-state index contributed by atoms with van der Waals surface area (Å²) in [5.41, 5.74) is -0.398. The third kappa shape index (κ3) is 2.02. The number of hydrogen-bond donors (Lipinski definition) is 3. The molecule has 6 heteroatoms. The highest BCUT2D eigenvalue weighted by Crippen LogP contribution is 2.12. The van der Waals surface area contributed by atoms with Gasteiger partial charge in [0.2, 0.25) is 0 Å². The highest BCUT2D eigenvalue weighted by Gasteiger charge is 2.18. The lowest BCUT2D eigenvalue weighted by Gasteiger charge is -2.26. The van der Waals surface area contributed by atoms with Crippen molar-refractivity contribution in [2.24, 2.45) is 15.8 Å². The first-order chi connectivity index (χ1) is 5.65. The summed E-state index contributed by atoms with van der Waals surface area (Å²) in [6, 6.07) is 0. The number of hydrogen-bond acceptors (Lipinski definition) is 5. The Balaban J connectivity index is 2.82. The van der Waals surface area contributed by atoms with Gasteiger partial charge in [0.15, 0.2) is 10.7 Å². The van der Waals surface area contributed by atoms with Crippen molar-refractivity contribution in [2.45, 2.75) is 11.9 Å². The minimum Gasteiger partial charge on any atom is -0.264 e. The molecule has 0 radical (unpaired) electrons. The van der Waals surface area contributed by atoms with Gasteiger partial charge < -0.3 is 0 Å². The summed E-state index contributed by atoms with van der Waals surface area (Å²) < 4.78 is 0. The molecule has 0 fully saturated rings. The molecule has 1 unspecified atom stereocenters. The van der Waals surface area contributed by atoms with Crippen LogP contribution in [0.4, 0.5) is 0 Å². The van der Waals surface area contributed by atoms with Crippen LogP contribution in [0, 0.1) is 0 Å². The second kappa shape index (κ2) is 3.97. The lowest BCUT2D eigenvalue weighted by Crippen LogP contribution is -2.44. The summed E-state index contributed by atoms with van der Waals surface area (Å²) in [5, 5.41) is 1.78. The Morgan fingerprint density at radius 2 is 2.42 bits per heavy atom. The number of rotatable bonds is 2. The van der Waals surface area contributed by atoms with Crippen LogP contribution in [0.15, 0.2) is 22.6 Å². The molecule has 0 aliphatic carbocycles. The van der Waals surface area contributed by atoms with Crippen LogP contribution < -0.4 is 5.84 Å². The molecule has 1 aliphatic heterocycles. The first kappa shape index (κ1) is 9.63. The number of amidine groups is 2. The Hall–Kier alpha value is -0.460. The van der Waals surface area contributed by atoms with Crippen LogP contribution in [0.1, 0.15) is 6.42 Å². The molecule has 66 valence electrons. The number of nitrogens with two attached hydrogens (primary N) is 1. The van der Waals surface area contributed by atoms with Crippen molar-refractivity contribution in [3.63, 3.8) is 0 Å². The average molecular weight is 202 g/mol. The summed E-state index contributed by atoms with van der Waals surface area (Å²) in [4.78, 5) is 7.94. The van der Waals surface area contributed by atoms with E-state index in [1.807, 2.05) is 0 Å². The molecule has 0 aromatic rings. The summed E-state index contributed by atoms with van der Waals surface area (Å²) >= 11 is 8.13. The summed E-state index contributed by atoms with van der Waals surface area (Å²) in [6.45, 7) is 3.59. The Labute approximate surface area is 82.0 Å². The van der Waals surface area contributed by atoms with Gasteiger partial charge in [-0.1, -0.05) is 6.08 Å². The van der Waals surface area contributed by atoms with Crippen molar-refractivity contribution in [1.82, 2.24) is 5.01 Å². The van der Waals surface area contributed by atoms with E-state index in [-0.39, 0.29) is 0 Å². The minimum absolute atomic E-state index is 0.397. The van der Waals surface area contributed by atoms with Gasteiger partial charge in [-0.05, 0) is 0 Å². The van der Waals surface area contributed by atoms with E-state index in [1.165, 1.54) is 5.01 Å². The zero-order chi connectivity index (χ0) is 9.14. The third-order valence-corrected chi connectivity index (χ3v) is 1.91. The Bertz CT molecular complexity index is 248. The van der Waals surface area contributed by atoms with Gasteiger partial charge in [-0.15, -0.1) is 31.8 Å². The molecule has 1 aliphatic rings. The monoisotopic (exact) mass is 202 g/mol. The van der Waals surface area contributed by atoms with Crippen molar-refractivity contribution in [1.29, 1.82) is 0 Å². The van der Waals surface area contributed by atoms with E-state index < -0.39 is 5.50 Å². The summed E-state index contributed by atoms with van der Waals surface area (Å²) in [7, 11) is 0. The molecule has 0 saturated heterocycles. The van der Waals surface area contributed by atoms with Crippen LogP contribution >= 0.6 is 25.3 Å². The highest BCUT2D eigenvalue weighted by atomic mass is 32.1. The first-order valence-corrected chi connectivity index (χ1v) is 4.28. The van der Waals surface area contributed by atoms with Crippen LogP contribution in [0.2, 0.25) is 0 Å². The van der Waals surface area contributed by atoms with Crippen molar-refractivity contribution in [3.8, 4) is 0 Å². The molecule has 0 spiro atoms. The zero-order valence-electron chi connectivity index (χ0n) is 6.38. The average Bonchev–Trinajstić information content (AvgIpc) is 2.00. The van der Waals surface area contributed by atoms with Gasteiger partial charge in [0.1, 0.15) is 5.84 Å². The van der Waals surface area contributed by atoms with E-state index in [1.54, 1.807) is 6.08 Å². The minimum atomic E-state index is -0.398. The van der Waals surface area contributed by atoms with Gasteiger partial charge in [0.25, 0.3) is 0 Å². The van der Waals surface area contributed by atoms with Gasteiger partial charge in [0, 0.05) is 6.42 Å². The van der Waals surface area contributed by atoms with Crippen LogP contribution in [0.25, 0.3) is 0 Å². The van der Waals surface area contributed by atoms with Gasteiger partial charge in [0.05, 0.1) is 0 Å². The van der Waals surface area contributed by atoms with Crippen molar-refractivity contribution < 1.29 is 0 Å². The van der Waals surface area contributed by atoms with E-state index in [2.05, 4.69) is 41.8 Å². The maximum absolute atomic E-state index is 5.61. The smallest absolute Gasteiger partial charge is 0.184 e. The van der Waals surface area contributed by atoms with E-state index in [0.29, 0.717) is 17.4 Å². The van der Waals surface area contributed by atoms with Crippen molar-refractivity contribution in [2.75, 3.05) is 0 Å². The topological polar surface area (TPSA) is 54.0 Å². The van der Waals surface area contributed by atoms with E-state index in [9.17, 15) is 0 Å². The standard InChI is InChI=1S/C6H10N4S2/c1-2-3-4-8-5(11)9-6(12)10(4)7/h2,6,12H,1,3,7H2,(H,9,11). The molecular formula is C6H10N4S2. The second-order valence-electron chi connectivity index (χ2n) is 2.20.